The maximum Gasteiger partial charge on any atom is 0.574 e. The first-order chi connectivity index (χ1) is 5.90. The van der Waals surface area contributed by atoms with Crippen LogP contribution in [0.4, 0.5) is 17.6 Å². The Morgan fingerprint density at radius 2 is 2.00 bits per heavy atom. The third-order valence-electron chi connectivity index (χ3n) is 1.05. The highest BCUT2D eigenvalue weighted by Gasteiger charge is 2.33. The van der Waals surface area contributed by atoms with Crippen molar-refractivity contribution in [2.24, 2.45) is 0 Å². The van der Waals surface area contributed by atoms with E-state index in [2.05, 4.69) is 9.72 Å². The quantitative estimate of drug-likeness (QED) is 0.698. The van der Waals surface area contributed by atoms with Gasteiger partial charge in [0.05, 0.1) is 0 Å². The Hall–Kier alpha value is -1.53. The van der Waals surface area contributed by atoms with E-state index >= 15 is 0 Å². The first kappa shape index (κ1) is 9.56. The van der Waals surface area contributed by atoms with Crippen molar-refractivity contribution in [2.75, 3.05) is 0 Å². The third-order valence-corrected chi connectivity index (χ3v) is 1.05. The van der Waals surface area contributed by atoms with Crippen molar-refractivity contribution in [1.29, 1.82) is 0 Å². The fraction of sp³-hybridized carbons (Fsp3) is 0.167. The van der Waals surface area contributed by atoms with Crippen molar-refractivity contribution in [1.82, 2.24) is 4.98 Å². The largest absolute Gasteiger partial charge is 0.574 e. The van der Waals surface area contributed by atoms with Crippen LogP contribution in [0.15, 0.2) is 12.3 Å². The maximum absolute atomic E-state index is 12.4. The molecule has 1 aromatic rings. The average molecular weight is 197 g/mol. The van der Waals surface area contributed by atoms with Gasteiger partial charge in [0.15, 0.2) is 5.82 Å². The molecule has 0 amide bonds. The average Bonchev–Trinajstić information content (AvgIpc) is 1.96. The van der Waals surface area contributed by atoms with Crippen LogP contribution in [-0.4, -0.2) is 16.5 Å². The highest BCUT2D eigenvalue weighted by Crippen LogP contribution is 2.30. The molecule has 1 heterocycles. The molecule has 0 aliphatic rings. The van der Waals surface area contributed by atoms with Crippen molar-refractivity contribution < 1.29 is 27.4 Å². The van der Waals surface area contributed by atoms with Gasteiger partial charge in [0, 0.05) is 6.20 Å². The van der Waals surface area contributed by atoms with Gasteiger partial charge < -0.3 is 9.84 Å². The Morgan fingerprint density at radius 1 is 1.38 bits per heavy atom. The normalized spacial score (nSPS) is 11.4. The molecule has 0 aliphatic heterocycles. The maximum atomic E-state index is 12.4. The third kappa shape index (κ3) is 2.46. The summed E-state index contributed by atoms with van der Waals surface area (Å²) in [4.78, 5) is 2.99. The minimum absolute atomic E-state index is 0.707. The van der Waals surface area contributed by atoms with Gasteiger partial charge in [-0.3, -0.25) is 0 Å². The van der Waals surface area contributed by atoms with Gasteiger partial charge in [0.25, 0.3) is 5.88 Å². The molecule has 13 heavy (non-hydrogen) atoms. The molecule has 0 unspecified atom stereocenters. The van der Waals surface area contributed by atoms with Crippen LogP contribution in [0.25, 0.3) is 0 Å². The lowest BCUT2D eigenvalue weighted by molar-refractivity contribution is -0.276. The van der Waals surface area contributed by atoms with Crippen molar-refractivity contribution in [3.63, 3.8) is 0 Å². The van der Waals surface area contributed by atoms with Crippen LogP contribution in [0.5, 0.6) is 11.6 Å². The number of aromatic nitrogens is 1. The zero-order chi connectivity index (χ0) is 10.1. The summed E-state index contributed by atoms with van der Waals surface area (Å²) in [6, 6.07) is 0.707. The number of nitrogens with zero attached hydrogens (tertiary/aromatic N) is 1. The fourth-order valence-corrected chi connectivity index (χ4v) is 0.597. The Bertz CT molecular complexity index is 312. The Balaban J connectivity index is 2.96. The first-order valence-electron chi connectivity index (χ1n) is 2.99. The molecule has 72 valence electrons. The molecule has 0 atom stereocenters. The summed E-state index contributed by atoms with van der Waals surface area (Å²) in [5.74, 6) is -3.69. The van der Waals surface area contributed by atoms with Crippen LogP contribution in [-0.2, 0) is 0 Å². The Morgan fingerprint density at radius 3 is 2.54 bits per heavy atom. The Kier molecular flexibility index (Phi) is 2.26. The Labute approximate surface area is 69.6 Å². The van der Waals surface area contributed by atoms with Crippen molar-refractivity contribution >= 4 is 0 Å². The standard InChI is InChI=1S/C6H3F4NO2/c7-3-1-2-11-5(4(3)12)13-6(8,9)10/h1-2,12H. The van der Waals surface area contributed by atoms with Crippen LogP contribution < -0.4 is 4.74 Å². The summed E-state index contributed by atoms with van der Waals surface area (Å²) in [5, 5.41) is 8.70. The molecule has 0 spiro atoms. The number of rotatable bonds is 1. The lowest BCUT2D eigenvalue weighted by Gasteiger charge is -2.08. The summed E-state index contributed by atoms with van der Waals surface area (Å²) in [7, 11) is 0. The van der Waals surface area contributed by atoms with Gasteiger partial charge in [-0.15, -0.1) is 13.2 Å². The van der Waals surface area contributed by atoms with Crippen LogP contribution in [0.1, 0.15) is 0 Å². The molecule has 0 bridgehead atoms. The highest BCUT2D eigenvalue weighted by atomic mass is 19.4. The summed E-state index contributed by atoms with van der Waals surface area (Å²) >= 11 is 0. The van der Waals surface area contributed by atoms with Gasteiger partial charge in [0.2, 0.25) is 5.75 Å². The van der Waals surface area contributed by atoms with E-state index in [9.17, 15) is 17.6 Å². The van der Waals surface area contributed by atoms with E-state index in [4.69, 9.17) is 5.11 Å². The molecule has 0 saturated carbocycles. The van der Waals surface area contributed by atoms with E-state index < -0.39 is 23.8 Å². The summed E-state index contributed by atoms with van der Waals surface area (Å²) in [6.07, 6.45) is -4.26. The molecule has 1 aromatic heterocycles. The second-order valence-electron chi connectivity index (χ2n) is 1.99. The van der Waals surface area contributed by atoms with Gasteiger partial charge in [-0.1, -0.05) is 0 Å². The second-order valence-corrected chi connectivity index (χ2v) is 1.99. The van der Waals surface area contributed by atoms with Crippen molar-refractivity contribution in [3.8, 4) is 11.6 Å². The second kappa shape index (κ2) is 3.08. The number of aromatic hydroxyl groups is 1. The number of hydrogen-bond acceptors (Lipinski definition) is 3. The van der Waals surface area contributed by atoms with E-state index in [1.165, 1.54) is 0 Å². The highest BCUT2D eigenvalue weighted by molar-refractivity contribution is 5.32. The minimum atomic E-state index is -5.00. The summed E-state index contributed by atoms with van der Waals surface area (Å²) in [5.41, 5.74) is 0. The van der Waals surface area contributed by atoms with E-state index in [1.54, 1.807) is 0 Å². The zero-order valence-electron chi connectivity index (χ0n) is 5.97. The van der Waals surface area contributed by atoms with Gasteiger partial charge in [0.1, 0.15) is 0 Å². The van der Waals surface area contributed by atoms with Gasteiger partial charge in [-0.05, 0) is 6.07 Å². The lowest BCUT2D eigenvalue weighted by atomic mass is 10.4. The van der Waals surface area contributed by atoms with Crippen molar-refractivity contribution in [3.05, 3.63) is 18.1 Å². The summed E-state index contributed by atoms with van der Waals surface area (Å²) < 4.78 is 50.3. The molecule has 0 saturated heterocycles. The summed E-state index contributed by atoms with van der Waals surface area (Å²) in [6.45, 7) is 0. The number of hydrogen-bond donors (Lipinski definition) is 1. The predicted octanol–water partition coefficient (Wildman–Crippen LogP) is 1.82. The topological polar surface area (TPSA) is 42.4 Å². The van der Waals surface area contributed by atoms with Gasteiger partial charge in [-0.25, -0.2) is 9.37 Å². The minimum Gasteiger partial charge on any atom is -0.501 e. The van der Waals surface area contributed by atoms with E-state index in [-0.39, 0.29) is 0 Å². The monoisotopic (exact) mass is 197 g/mol. The molecule has 0 fully saturated rings. The van der Waals surface area contributed by atoms with E-state index in [0.29, 0.717) is 6.07 Å². The SMILES string of the molecule is Oc1c(F)ccnc1OC(F)(F)F. The smallest absolute Gasteiger partial charge is 0.501 e. The predicted molar refractivity (Wildman–Crippen MR) is 32.5 cm³/mol. The first-order valence-corrected chi connectivity index (χ1v) is 2.99. The van der Waals surface area contributed by atoms with Gasteiger partial charge in [-0.2, -0.15) is 0 Å². The molecule has 0 aromatic carbocycles. The molecular weight excluding hydrogens is 194 g/mol. The molecule has 1 N–H and O–H groups in total. The molecular formula is C6H3F4NO2. The number of ether oxygens (including phenoxy) is 1. The molecule has 1 rings (SSSR count). The van der Waals surface area contributed by atoms with E-state index in [1.807, 2.05) is 0 Å². The number of pyridine rings is 1. The van der Waals surface area contributed by atoms with Crippen molar-refractivity contribution in [2.45, 2.75) is 6.36 Å². The van der Waals surface area contributed by atoms with Crippen LogP contribution in [0.3, 0.4) is 0 Å². The van der Waals surface area contributed by atoms with Crippen LogP contribution in [0.2, 0.25) is 0 Å². The van der Waals surface area contributed by atoms with E-state index in [0.717, 1.165) is 6.20 Å². The van der Waals surface area contributed by atoms with Gasteiger partial charge >= 0.3 is 6.36 Å². The van der Waals surface area contributed by atoms with Crippen LogP contribution in [0, 0.1) is 5.82 Å². The molecule has 0 radical (unpaired) electrons. The fourth-order valence-electron chi connectivity index (χ4n) is 0.597. The lowest BCUT2D eigenvalue weighted by Crippen LogP contribution is -2.18. The number of halogens is 4. The zero-order valence-corrected chi connectivity index (χ0v) is 5.97. The van der Waals surface area contributed by atoms with Crippen LogP contribution >= 0.6 is 0 Å². The molecule has 3 nitrogen and oxygen atoms in total. The number of alkyl halides is 3. The molecule has 0 aliphatic carbocycles. The molecule has 7 heteroatoms.